The minimum absolute atomic E-state index is 0. The van der Waals surface area contributed by atoms with Gasteiger partial charge < -0.3 is 9.47 Å². The third-order valence-corrected chi connectivity index (χ3v) is 3.68. The molecule has 1 aliphatic rings. The van der Waals surface area contributed by atoms with Gasteiger partial charge in [-0.05, 0) is 50.2 Å². The highest BCUT2D eigenvalue weighted by molar-refractivity contribution is 5.85. The molecule has 0 bridgehead atoms. The summed E-state index contributed by atoms with van der Waals surface area (Å²) in [6.45, 7) is 4.09. The van der Waals surface area contributed by atoms with Crippen LogP contribution in [-0.4, -0.2) is 31.1 Å². The average Bonchev–Trinajstić information content (AvgIpc) is 3.03. The topological polar surface area (TPSA) is 21.7 Å². The predicted octanol–water partition coefficient (Wildman–Crippen LogP) is 4.38. The molecule has 3 nitrogen and oxygen atoms in total. The first-order valence-corrected chi connectivity index (χ1v) is 7.59. The molecule has 0 unspecified atom stereocenters. The van der Waals surface area contributed by atoms with Crippen molar-refractivity contribution in [2.45, 2.75) is 12.8 Å². The normalized spacial score (nSPS) is 14.4. The molecule has 0 radical (unpaired) electrons. The zero-order valence-corrected chi connectivity index (χ0v) is 13.4. The molecule has 1 fully saturated rings. The monoisotopic (exact) mass is 319 g/mol. The number of halogens is 1. The highest BCUT2D eigenvalue weighted by Gasteiger charge is 2.11. The van der Waals surface area contributed by atoms with Crippen molar-refractivity contribution in [1.82, 2.24) is 4.90 Å². The van der Waals surface area contributed by atoms with Crippen LogP contribution in [-0.2, 0) is 0 Å². The Kier molecular flexibility index (Phi) is 6.56. The summed E-state index contributed by atoms with van der Waals surface area (Å²) >= 11 is 0. The van der Waals surface area contributed by atoms with Crippen molar-refractivity contribution >= 4 is 12.4 Å². The zero-order valence-electron chi connectivity index (χ0n) is 12.6. The maximum Gasteiger partial charge on any atom is 0.169 e. The van der Waals surface area contributed by atoms with Crippen molar-refractivity contribution in [3.05, 3.63) is 54.6 Å². The van der Waals surface area contributed by atoms with E-state index in [2.05, 4.69) is 4.90 Å². The second-order valence-corrected chi connectivity index (χ2v) is 5.26. The number of likely N-dealkylation sites (tertiary alicyclic amines) is 1. The number of rotatable bonds is 6. The zero-order chi connectivity index (χ0) is 14.3. The lowest BCUT2D eigenvalue weighted by Crippen LogP contribution is -2.25. The van der Waals surface area contributed by atoms with E-state index in [0.29, 0.717) is 6.61 Å². The molecule has 1 heterocycles. The molecule has 1 saturated heterocycles. The summed E-state index contributed by atoms with van der Waals surface area (Å²) < 4.78 is 11.8. The molecule has 4 heteroatoms. The fraction of sp³-hybridized carbons (Fsp3) is 0.333. The Morgan fingerprint density at radius 1 is 0.818 bits per heavy atom. The van der Waals surface area contributed by atoms with Gasteiger partial charge in [0.05, 0.1) is 0 Å². The fourth-order valence-corrected chi connectivity index (χ4v) is 2.56. The van der Waals surface area contributed by atoms with Crippen molar-refractivity contribution in [2.75, 3.05) is 26.2 Å². The molecule has 2 aromatic rings. The van der Waals surface area contributed by atoms with Gasteiger partial charge in [-0.25, -0.2) is 0 Å². The van der Waals surface area contributed by atoms with Crippen molar-refractivity contribution in [3.63, 3.8) is 0 Å². The summed E-state index contributed by atoms with van der Waals surface area (Å²) in [5.41, 5.74) is 0. The van der Waals surface area contributed by atoms with E-state index in [1.807, 2.05) is 54.6 Å². The van der Waals surface area contributed by atoms with Crippen LogP contribution in [0.1, 0.15) is 12.8 Å². The largest absolute Gasteiger partial charge is 0.488 e. The Hall–Kier alpha value is -1.71. The second kappa shape index (κ2) is 8.66. The Bertz CT molecular complexity index is 556. The van der Waals surface area contributed by atoms with E-state index < -0.39 is 0 Å². The van der Waals surface area contributed by atoms with E-state index in [-0.39, 0.29) is 12.4 Å². The number of nitrogens with zero attached hydrogens (tertiary/aromatic N) is 1. The average molecular weight is 320 g/mol. The van der Waals surface area contributed by atoms with Gasteiger partial charge in [0.2, 0.25) is 0 Å². The van der Waals surface area contributed by atoms with Crippen LogP contribution < -0.4 is 9.47 Å². The second-order valence-electron chi connectivity index (χ2n) is 5.26. The molecule has 0 N–H and O–H groups in total. The van der Waals surface area contributed by atoms with Gasteiger partial charge in [-0.2, -0.15) is 0 Å². The quantitative estimate of drug-likeness (QED) is 0.789. The van der Waals surface area contributed by atoms with Crippen molar-refractivity contribution in [3.8, 4) is 17.2 Å². The number of hydrogen-bond acceptors (Lipinski definition) is 3. The summed E-state index contributed by atoms with van der Waals surface area (Å²) in [7, 11) is 0. The lowest BCUT2D eigenvalue weighted by Gasteiger charge is -2.16. The third-order valence-electron chi connectivity index (χ3n) is 3.68. The van der Waals surface area contributed by atoms with Gasteiger partial charge in [-0.3, -0.25) is 4.90 Å². The Morgan fingerprint density at radius 3 is 2.18 bits per heavy atom. The van der Waals surface area contributed by atoms with E-state index in [1.54, 1.807) is 0 Å². The summed E-state index contributed by atoms with van der Waals surface area (Å²) in [6.07, 6.45) is 2.63. The molecule has 2 aromatic carbocycles. The van der Waals surface area contributed by atoms with Gasteiger partial charge in [0.25, 0.3) is 0 Å². The molecule has 1 aliphatic heterocycles. The molecule has 3 rings (SSSR count). The highest BCUT2D eigenvalue weighted by atomic mass is 35.5. The first kappa shape index (κ1) is 16.7. The molecule has 0 atom stereocenters. The van der Waals surface area contributed by atoms with E-state index in [0.717, 1.165) is 23.8 Å². The predicted molar refractivity (Wildman–Crippen MR) is 91.4 cm³/mol. The molecule has 0 amide bonds. The van der Waals surface area contributed by atoms with E-state index in [9.17, 15) is 0 Å². The van der Waals surface area contributed by atoms with Gasteiger partial charge in [-0.15, -0.1) is 12.4 Å². The van der Waals surface area contributed by atoms with E-state index in [1.165, 1.54) is 25.9 Å². The van der Waals surface area contributed by atoms with Crippen LogP contribution in [0.2, 0.25) is 0 Å². The number of hydrogen-bond donors (Lipinski definition) is 0. The van der Waals surface area contributed by atoms with Gasteiger partial charge in [0.15, 0.2) is 11.5 Å². The smallest absolute Gasteiger partial charge is 0.169 e. The van der Waals surface area contributed by atoms with Gasteiger partial charge in [0, 0.05) is 6.54 Å². The van der Waals surface area contributed by atoms with Gasteiger partial charge in [0.1, 0.15) is 12.4 Å². The van der Waals surface area contributed by atoms with Gasteiger partial charge in [-0.1, -0.05) is 30.3 Å². The number of benzene rings is 2. The van der Waals surface area contributed by atoms with Crippen molar-refractivity contribution < 1.29 is 9.47 Å². The molecule has 0 aromatic heterocycles. The van der Waals surface area contributed by atoms with E-state index >= 15 is 0 Å². The standard InChI is InChI=1S/C18H21NO2.ClH/c1-2-8-16(9-3-1)21-18-11-5-4-10-17(18)20-15-14-19-12-6-7-13-19;/h1-5,8-11H,6-7,12-15H2;1H. The van der Waals surface area contributed by atoms with E-state index in [4.69, 9.17) is 9.47 Å². The number of ether oxygens (including phenoxy) is 2. The Labute approximate surface area is 138 Å². The van der Waals surface area contributed by atoms with Gasteiger partial charge >= 0.3 is 0 Å². The molecular formula is C18H22ClNO2. The molecule has 118 valence electrons. The van der Waals surface area contributed by atoms with Crippen LogP contribution >= 0.6 is 12.4 Å². The van der Waals surface area contributed by atoms with Crippen LogP contribution in [0.15, 0.2) is 54.6 Å². The maximum absolute atomic E-state index is 5.90. The fourth-order valence-electron chi connectivity index (χ4n) is 2.56. The minimum Gasteiger partial charge on any atom is -0.488 e. The Balaban J connectivity index is 0.00000176. The van der Waals surface area contributed by atoms with Crippen molar-refractivity contribution in [2.24, 2.45) is 0 Å². The maximum atomic E-state index is 5.90. The van der Waals surface area contributed by atoms with Crippen LogP contribution in [0, 0.1) is 0 Å². The lowest BCUT2D eigenvalue weighted by atomic mass is 10.3. The first-order valence-electron chi connectivity index (χ1n) is 7.59. The van der Waals surface area contributed by atoms with Crippen LogP contribution in [0.4, 0.5) is 0 Å². The molecule has 22 heavy (non-hydrogen) atoms. The highest BCUT2D eigenvalue weighted by Crippen LogP contribution is 2.31. The molecular weight excluding hydrogens is 298 g/mol. The minimum atomic E-state index is 0. The summed E-state index contributed by atoms with van der Waals surface area (Å²) in [5, 5.41) is 0. The molecule has 0 saturated carbocycles. The first-order chi connectivity index (χ1) is 10.4. The SMILES string of the molecule is Cl.c1ccc(Oc2ccccc2OCCN2CCCC2)cc1. The Morgan fingerprint density at radius 2 is 1.45 bits per heavy atom. The molecule has 0 aliphatic carbocycles. The summed E-state index contributed by atoms with van der Waals surface area (Å²) in [4.78, 5) is 2.45. The summed E-state index contributed by atoms with van der Waals surface area (Å²) in [6, 6.07) is 17.6. The third kappa shape index (κ3) is 4.65. The molecule has 0 spiro atoms. The summed E-state index contributed by atoms with van der Waals surface area (Å²) in [5.74, 6) is 2.40. The lowest BCUT2D eigenvalue weighted by molar-refractivity contribution is 0.232. The van der Waals surface area contributed by atoms with Crippen LogP contribution in [0.5, 0.6) is 17.2 Å². The van der Waals surface area contributed by atoms with Crippen molar-refractivity contribution in [1.29, 1.82) is 0 Å². The number of para-hydroxylation sites is 3. The van der Waals surface area contributed by atoms with Crippen LogP contribution in [0.25, 0.3) is 0 Å². The van der Waals surface area contributed by atoms with Crippen LogP contribution in [0.3, 0.4) is 0 Å².